The maximum atomic E-state index is 13.7. The predicted octanol–water partition coefficient (Wildman–Crippen LogP) is 4.88. The molecule has 0 aliphatic carbocycles. The zero-order chi connectivity index (χ0) is 28.3. The number of carbonyl (C=O) groups excluding carboxylic acids is 3. The van der Waals surface area contributed by atoms with Crippen LogP contribution in [0.5, 0.6) is 0 Å². The van der Waals surface area contributed by atoms with Crippen molar-refractivity contribution in [2.45, 2.75) is 32.9 Å². The van der Waals surface area contributed by atoms with E-state index in [1.54, 1.807) is 36.1 Å². The number of hydrogen-bond donors (Lipinski definition) is 1. The number of amides is 3. The number of carbonyl (C=O) groups is 3. The average Bonchev–Trinajstić information content (AvgIpc) is 2.90. The zero-order valence-electron chi connectivity index (χ0n) is 22.0. The minimum absolute atomic E-state index is 0.168. The number of ether oxygens (including phenoxy) is 1. The van der Waals surface area contributed by atoms with Crippen molar-refractivity contribution in [3.05, 3.63) is 80.7 Å². The van der Waals surface area contributed by atoms with Crippen molar-refractivity contribution < 1.29 is 23.5 Å². The Labute approximate surface area is 237 Å². The first-order chi connectivity index (χ1) is 18.6. The molecule has 1 N–H and O–H groups in total. The van der Waals surface area contributed by atoms with Crippen LogP contribution < -0.4 is 5.32 Å². The molecule has 8 nitrogen and oxygen atoms in total. The van der Waals surface area contributed by atoms with Gasteiger partial charge in [-0.1, -0.05) is 35.3 Å². The Morgan fingerprint density at radius 1 is 1.10 bits per heavy atom. The molecule has 0 spiro atoms. The lowest BCUT2D eigenvalue weighted by Crippen LogP contribution is -2.56. The third-order valence-corrected chi connectivity index (χ3v) is 7.68. The van der Waals surface area contributed by atoms with Gasteiger partial charge in [-0.25, -0.2) is 14.0 Å². The molecule has 2 aliphatic heterocycles. The highest BCUT2D eigenvalue weighted by molar-refractivity contribution is 6.42. The molecule has 2 atom stereocenters. The molecule has 1 fully saturated rings. The van der Waals surface area contributed by atoms with Gasteiger partial charge in [-0.2, -0.15) is 0 Å². The van der Waals surface area contributed by atoms with Crippen LogP contribution in [-0.2, 0) is 9.53 Å². The SMILES string of the molecule is CCOC(=O)C1=C(CN2CCN(C(=O)c3cccc(F)c3)[C@H](C)C2)N(CC)C(=O)N[C@H]1c1ccc(Cl)c(Cl)c1. The van der Waals surface area contributed by atoms with E-state index in [0.29, 0.717) is 65.2 Å². The fraction of sp³-hybridized carbons (Fsp3) is 0.393. The first-order valence-corrected chi connectivity index (χ1v) is 13.6. The molecule has 2 heterocycles. The Morgan fingerprint density at radius 2 is 1.87 bits per heavy atom. The van der Waals surface area contributed by atoms with Gasteiger partial charge < -0.3 is 15.0 Å². The molecule has 11 heteroatoms. The second-order valence-corrected chi connectivity index (χ2v) is 10.3. The molecule has 1 saturated heterocycles. The van der Waals surface area contributed by atoms with Gasteiger partial charge in [0.1, 0.15) is 5.82 Å². The molecule has 0 unspecified atom stereocenters. The molecule has 39 heavy (non-hydrogen) atoms. The molecule has 0 saturated carbocycles. The van der Waals surface area contributed by atoms with Gasteiger partial charge in [0, 0.05) is 50.0 Å². The summed E-state index contributed by atoms with van der Waals surface area (Å²) >= 11 is 12.4. The molecular weight excluding hydrogens is 546 g/mol. The van der Waals surface area contributed by atoms with E-state index < -0.39 is 17.8 Å². The van der Waals surface area contributed by atoms with E-state index in [1.165, 1.54) is 23.1 Å². The van der Waals surface area contributed by atoms with Gasteiger partial charge in [0.15, 0.2) is 0 Å². The van der Waals surface area contributed by atoms with E-state index in [9.17, 15) is 18.8 Å². The van der Waals surface area contributed by atoms with Gasteiger partial charge in [-0.3, -0.25) is 14.6 Å². The predicted molar refractivity (Wildman–Crippen MR) is 147 cm³/mol. The summed E-state index contributed by atoms with van der Waals surface area (Å²) in [4.78, 5) is 44.9. The summed E-state index contributed by atoms with van der Waals surface area (Å²) < 4.78 is 19.1. The van der Waals surface area contributed by atoms with Crippen LogP contribution >= 0.6 is 23.2 Å². The van der Waals surface area contributed by atoms with Gasteiger partial charge in [0.25, 0.3) is 5.91 Å². The second-order valence-electron chi connectivity index (χ2n) is 9.47. The lowest BCUT2D eigenvalue weighted by molar-refractivity contribution is -0.139. The van der Waals surface area contributed by atoms with Gasteiger partial charge in [0.2, 0.25) is 0 Å². The Hall–Kier alpha value is -3.14. The number of benzene rings is 2. The molecule has 0 bridgehead atoms. The molecular formula is C28H31Cl2FN4O4. The highest BCUT2D eigenvalue weighted by Crippen LogP contribution is 2.35. The summed E-state index contributed by atoms with van der Waals surface area (Å²) in [5.74, 6) is -1.23. The quantitative estimate of drug-likeness (QED) is 0.475. The Bertz CT molecular complexity index is 1300. The minimum atomic E-state index is -0.780. The molecule has 2 aliphatic rings. The lowest BCUT2D eigenvalue weighted by atomic mass is 9.94. The van der Waals surface area contributed by atoms with Gasteiger partial charge in [-0.15, -0.1) is 0 Å². The number of piperazine rings is 1. The molecule has 2 aromatic rings. The lowest BCUT2D eigenvalue weighted by Gasteiger charge is -2.43. The number of urea groups is 1. The maximum absolute atomic E-state index is 13.7. The van der Waals surface area contributed by atoms with E-state index in [2.05, 4.69) is 10.2 Å². The van der Waals surface area contributed by atoms with Crippen LogP contribution in [0.25, 0.3) is 0 Å². The van der Waals surface area contributed by atoms with E-state index in [-0.39, 0.29) is 24.6 Å². The highest BCUT2D eigenvalue weighted by atomic mass is 35.5. The number of nitrogens with zero attached hydrogens (tertiary/aromatic N) is 3. The molecule has 0 aromatic heterocycles. The second kappa shape index (κ2) is 12.4. The summed E-state index contributed by atoms with van der Waals surface area (Å²) in [7, 11) is 0. The Kier molecular flexibility index (Phi) is 9.15. The minimum Gasteiger partial charge on any atom is -0.463 e. The van der Waals surface area contributed by atoms with E-state index in [4.69, 9.17) is 27.9 Å². The van der Waals surface area contributed by atoms with Crippen LogP contribution in [0.3, 0.4) is 0 Å². The summed E-state index contributed by atoms with van der Waals surface area (Å²) in [5.41, 5.74) is 1.76. The van der Waals surface area contributed by atoms with Crippen LogP contribution in [0.2, 0.25) is 10.0 Å². The monoisotopic (exact) mass is 576 g/mol. The van der Waals surface area contributed by atoms with Crippen molar-refractivity contribution >= 4 is 41.1 Å². The first-order valence-electron chi connectivity index (χ1n) is 12.9. The number of hydrogen-bond acceptors (Lipinski definition) is 5. The third-order valence-electron chi connectivity index (χ3n) is 6.94. The number of nitrogens with one attached hydrogen (secondary N) is 1. The van der Waals surface area contributed by atoms with Crippen molar-refractivity contribution in [1.82, 2.24) is 20.0 Å². The molecule has 4 rings (SSSR count). The van der Waals surface area contributed by atoms with Gasteiger partial charge in [0.05, 0.1) is 28.3 Å². The number of rotatable bonds is 7. The molecule has 208 valence electrons. The Morgan fingerprint density at radius 3 is 2.51 bits per heavy atom. The van der Waals surface area contributed by atoms with Crippen LogP contribution in [-0.4, -0.2) is 78.0 Å². The number of halogens is 3. The van der Waals surface area contributed by atoms with Crippen molar-refractivity contribution in [1.29, 1.82) is 0 Å². The van der Waals surface area contributed by atoms with E-state index in [1.807, 2.05) is 13.8 Å². The average molecular weight is 577 g/mol. The van der Waals surface area contributed by atoms with Crippen molar-refractivity contribution in [3.63, 3.8) is 0 Å². The van der Waals surface area contributed by atoms with Crippen molar-refractivity contribution in [2.24, 2.45) is 0 Å². The standard InChI is InChI=1S/C28H31Cl2FN4O4/c1-4-34-23(16-33-11-12-35(17(3)15-33)26(36)19-7-6-8-20(31)13-19)24(27(37)39-5-2)25(32-28(34)38)18-9-10-21(29)22(30)14-18/h6-10,13-14,17,25H,4-5,11-12,15-16H2,1-3H3,(H,32,38)/t17-,25+/m1/s1. The number of esters is 1. The summed E-state index contributed by atoms with van der Waals surface area (Å²) in [5, 5.41) is 3.58. The highest BCUT2D eigenvalue weighted by Gasteiger charge is 2.39. The third kappa shape index (κ3) is 6.21. The van der Waals surface area contributed by atoms with E-state index in [0.717, 1.165) is 0 Å². The van der Waals surface area contributed by atoms with Gasteiger partial charge >= 0.3 is 12.0 Å². The zero-order valence-corrected chi connectivity index (χ0v) is 23.6. The van der Waals surface area contributed by atoms with Crippen LogP contribution in [0.15, 0.2) is 53.7 Å². The van der Waals surface area contributed by atoms with Crippen LogP contribution in [0.1, 0.15) is 42.7 Å². The van der Waals surface area contributed by atoms with E-state index >= 15 is 0 Å². The smallest absolute Gasteiger partial charge is 0.338 e. The van der Waals surface area contributed by atoms with Gasteiger partial charge in [-0.05, 0) is 56.7 Å². The normalized spacial score (nSPS) is 20.2. The maximum Gasteiger partial charge on any atom is 0.338 e. The molecule has 0 radical (unpaired) electrons. The summed E-state index contributed by atoms with van der Waals surface area (Å²) in [6, 6.07) is 9.33. The largest absolute Gasteiger partial charge is 0.463 e. The summed E-state index contributed by atoms with van der Waals surface area (Å²) in [6.45, 7) is 7.69. The summed E-state index contributed by atoms with van der Waals surface area (Å²) in [6.07, 6.45) is 0. The Balaban J connectivity index is 1.64. The first kappa shape index (κ1) is 28.9. The van der Waals surface area contributed by atoms with Crippen molar-refractivity contribution in [3.8, 4) is 0 Å². The van der Waals surface area contributed by atoms with Crippen LogP contribution in [0.4, 0.5) is 9.18 Å². The molecule has 3 amide bonds. The topological polar surface area (TPSA) is 82.2 Å². The van der Waals surface area contributed by atoms with Crippen LogP contribution in [0, 0.1) is 5.82 Å². The fourth-order valence-corrected chi connectivity index (χ4v) is 5.38. The molecule has 2 aromatic carbocycles. The van der Waals surface area contributed by atoms with Crippen molar-refractivity contribution in [2.75, 3.05) is 39.3 Å². The fourth-order valence-electron chi connectivity index (χ4n) is 5.08. The number of likely N-dealkylation sites (N-methyl/N-ethyl adjacent to an activating group) is 1.